The summed E-state index contributed by atoms with van der Waals surface area (Å²) in [4.78, 5) is 14.0. The number of hydrogen-bond donors (Lipinski definition) is 1. The number of benzene rings is 2. The fraction of sp³-hybridized carbons (Fsp3) is 0.316. The van der Waals surface area contributed by atoms with Crippen LogP contribution in [0, 0.1) is 5.82 Å². The highest BCUT2D eigenvalue weighted by Crippen LogP contribution is 2.23. The van der Waals surface area contributed by atoms with Crippen LogP contribution in [0.1, 0.15) is 6.42 Å². The van der Waals surface area contributed by atoms with Gasteiger partial charge in [0.25, 0.3) is 0 Å². The summed E-state index contributed by atoms with van der Waals surface area (Å²) in [6.45, 7) is 0.727. The van der Waals surface area contributed by atoms with Crippen molar-refractivity contribution in [2.45, 2.75) is 12.5 Å². The van der Waals surface area contributed by atoms with Crippen molar-refractivity contribution >= 4 is 21.7 Å². The van der Waals surface area contributed by atoms with Gasteiger partial charge in [-0.15, -0.1) is 0 Å². The summed E-state index contributed by atoms with van der Waals surface area (Å²) in [5, 5.41) is 2.81. The van der Waals surface area contributed by atoms with Crippen LogP contribution in [0.25, 0.3) is 11.1 Å². The van der Waals surface area contributed by atoms with Crippen LogP contribution in [0.15, 0.2) is 48.5 Å². The van der Waals surface area contributed by atoms with E-state index >= 15 is 0 Å². The standard InChI is InChI=1S/C19H22FN3O3S/c1-22(18-10-11-23(13-18)27(2,25)26)19(24)21-17-8-6-14(7-9-17)15-4-3-5-16(20)12-15/h3-9,12,18H,10-11,13H2,1-2H3,(H,21,24)/t18-/m0/s1. The van der Waals surface area contributed by atoms with Gasteiger partial charge in [0.2, 0.25) is 10.0 Å². The smallest absolute Gasteiger partial charge is 0.321 e. The van der Waals surface area contributed by atoms with Gasteiger partial charge in [0.05, 0.1) is 6.26 Å². The van der Waals surface area contributed by atoms with E-state index in [1.54, 1.807) is 25.2 Å². The molecular weight excluding hydrogens is 369 g/mol. The molecule has 1 atom stereocenters. The molecule has 1 heterocycles. The number of likely N-dealkylation sites (N-methyl/N-ethyl adjacent to an activating group) is 1. The molecule has 2 amide bonds. The lowest BCUT2D eigenvalue weighted by atomic mass is 10.1. The van der Waals surface area contributed by atoms with Gasteiger partial charge in [-0.05, 0) is 41.8 Å². The van der Waals surface area contributed by atoms with E-state index in [1.807, 2.05) is 18.2 Å². The minimum Gasteiger partial charge on any atom is -0.323 e. The molecule has 0 radical (unpaired) electrons. The summed E-state index contributed by atoms with van der Waals surface area (Å²) in [6.07, 6.45) is 1.78. The van der Waals surface area contributed by atoms with Crippen molar-refractivity contribution in [3.05, 3.63) is 54.3 Å². The zero-order valence-corrected chi connectivity index (χ0v) is 16.0. The summed E-state index contributed by atoms with van der Waals surface area (Å²) in [6, 6.07) is 13.0. The molecule has 2 aromatic carbocycles. The highest BCUT2D eigenvalue weighted by molar-refractivity contribution is 7.88. The first-order chi connectivity index (χ1) is 12.7. The van der Waals surface area contributed by atoms with E-state index in [2.05, 4.69) is 5.32 Å². The van der Waals surface area contributed by atoms with Gasteiger partial charge in [0, 0.05) is 31.9 Å². The normalized spacial score (nSPS) is 17.7. The lowest BCUT2D eigenvalue weighted by Crippen LogP contribution is -2.42. The molecule has 1 aliphatic heterocycles. The van der Waals surface area contributed by atoms with Crippen LogP contribution in [-0.2, 0) is 10.0 Å². The van der Waals surface area contributed by atoms with Gasteiger partial charge < -0.3 is 10.2 Å². The molecule has 1 fully saturated rings. The Bertz CT molecular complexity index is 931. The highest BCUT2D eigenvalue weighted by atomic mass is 32.2. The molecule has 6 nitrogen and oxygen atoms in total. The second-order valence-corrected chi connectivity index (χ2v) is 8.67. The third kappa shape index (κ3) is 4.64. The third-order valence-corrected chi connectivity index (χ3v) is 6.03. The number of amides is 2. The van der Waals surface area contributed by atoms with Crippen molar-refractivity contribution in [3.63, 3.8) is 0 Å². The maximum absolute atomic E-state index is 13.3. The molecule has 1 N–H and O–H groups in total. The molecule has 1 aliphatic rings. The molecule has 0 bridgehead atoms. The number of nitrogens with zero attached hydrogens (tertiary/aromatic N) is 2. The Morgan fingerprint density at radius 3 is 2.48 bits per heavy atom. The summed E-state index contributed by atoms with van der Waals surface area (Å²) < 4.78 is 38.0. The predicted molar refractivity (Wildman–Crippen MR) is 103 cm³/mol. The Labute approximate surface area is 158 Å². The first-order valence-electron chi connectivity index (χ1n) is 8.59. The fourth-order valence-electron chi connectivity index (χ4n) is 3.12. The number of hydrogen-bond acceptors (Lipinski definition) is 3. The SMILES string of the molecule is CN(C(=O)Nc1ccc(-c2cccc(F)c2)cc1)[C@H]1CCN(S(C)(=O)=O)C1. The van der Waals surface area contributed by atoms with E-state index in [0.717, 1.165) is 11.1 Å². The average molecular weight is 391 g/mol. The predicted octanol–water partition coefficient (Wildman–Crippen LogP) is 2.99. The number of anilines is 1. The third-order valence-electron chi connectivity index (χ3n) is 4.76. The molecule has 0 aliphatic carbocycles. The van der Waals surface area contributed by atoms with Gasteiger partial charge in [0.1, 0.15) is 5.82 Å². The molecule has 0 spiro atoms. The van der Waals surface area contributed by atoms with Gasteiger partial charge in [-0.1, -0.05) is 24.3 Å². The Kier molecular flexibility index (Phi) is 5.48. The van der Waals surface area contributed by atoms with Crippen LogP contribution in [-0.4, -0.2) is 56.1 Å². The summed E-state index contributed by atoms with van der Waals surface area (Å²) in [5.74, 6) is -0.300. The summed E-state index contributed by atoms with van der Waals surface area (Å²) in [7, 11) is -1.58. The zero-order valence-electron chi connectivity index (χ0n) is 15.2. The van der Waals surface area contributed by atoms with Crippen molar-refractivity contribution in [1.82, 2.24) is 9.21 Å². The zero-order chi connectivity index (χ0) is 19.6. The largest absolute Gasteiger partial charge is 0.323 e. The Morgan fingerprint density at radius 2 is 1.89 bits per heavy atom. The minimum absolute atomic E-state index is 0.161. The van der Waals surface area contributed by atoms with Crippen molar-refractivity contribution in [3.8, 4) is 11.1 Å². The van der Waals surface area contributed by atoms with E-state index in [4.69, 9.17) is 0 Å². The molecule has 27 heavy (non-hydrogen) atoms. The first kappa shape index (κ1) is 19.3. The second-order valence-electron chi connectivity index (χ2n) is 6.69. The molecule has 0 saturated carbocycles. The minimum atomic E-state index is -3.24. The quantitative estimate of drug-likeness (QED) is 0.871. The Hall–Kier alpha value is -2.45. The number of carbonyl (C=O) groups is 1. The molecule has 3 rings (SSSR count). The molecule has 8 heteroatoms. The summed E-state index contributed by atoms with van der Waals surface area (Å²) in [5.41, 5.74) is 2.22. The van der Waals surface area contributed by atoms with E-state index in [1.165, 1.54) is 27.6 Å². The molecule has 0 aromatic heterocycles. The molecule has 2 aromatic rings. The first-order valence-corrected chi connectivity index (χ1v) is 10.4. The van der Waals surface area contributed by atoms with Crippen molar-refractivity contribution in [2.75, 3.05) is 31.7 Å². The van der Waals surface area contributed by atoms with Crippen LogP contribution in [0.3, 0.4) is 0 Å². The van der Waals surface area contributed by atoms with E-state index in [9.17, 15) is 17.6 Å². The lowest BCUT2D eigenvalue weighted by Gasteiger charge is -2.25. The number of halogens is 1. The number of rotatable bonds is 4. The molecule has 0 unspecified atom stereocenters. The molecular formula is C19H22FN3O3S. The van der Waals surface area contributed by atoms with Gasteiger partial charge in [0.15, 0.2) is 0 Å². The van der Waals surface area contributed by atoms with Crippen LogP contribution < -0.4 is 5.32 Å². The number of urea groups is 1. The Balaban J connectivity index is 1.62. The summed E-state index contributed by atoms with van der Waals surface area (Å²) >= 11 is 0. The van der Waals surface area contributed by atoms with Gasteiger partial charge in [-0.3, -0.25) is 0 Å². The van der Waals surface area contributed by atoms with Gasteiger partial charge in [-0.2, -0.15) is 0 Å². The highest BCUT2D eigenvalue weighted by Gasteiger charge is 2.32. The number of sulfonamides is 1. The van der Waals surface area contributed by atoms with Crippen LogP contribution in [0.4, 0.5) is 14.9 Å². The average Bonchev–Trinajstić information content (AvgIpc) is 3.12. The molecule has 1 saturated heterocycles. The van der Waals surface area contributed by atoms with Crippen LogP contribution in [0.2, 0.25) is 0 Å². The van der Waals surface area contributed by atoms with E-state index in [-0.39, 0.29) is 17.9 Å². The van der Waals surface area contributed by atoms with E-state index < -0.39 is 10.0 Å². The number of carbonyl (C=O) groups excluding carboxylic acids is 1. The fourth-order valence-corrected chi connectivity index (χ4v) is 4.00. The van der Waals surface area contributed by atoms with Crippen molar-refractivity contribution in [1.29, 1.82) is 0 Å². The van der Waals surface area contributed by atoms with Gasteiger partial charge >= 0.3 is 6.03 Å². The lowest BCUT2D eigenvalue weighted by molar-refractivity contribution is 0.206. The van der Waals surface area contributed by atoms with Crippen LogP contribution in [0.5, 0.6) is 0 Å². The monoisotopic (exact) mass is 391 g/mol. The topological polar surface area (TPSA) is 69.7 Å². The maximum atomic E-state index is 13.3. The maximum Gasteiger partial charge on any atom is 0.321 e. The molecule has 144 valence electrons. The van der Waals surface area contributed by atoms with Crippen molar-refractivity contribution < 1.29 is 17.6 Å². The van der Waals surface area contributed by atoms with E-state index in [0.29, 0.717) is 25.2 Å². The van der Waals surface area contributed by atoms with Crippen molar-refractivity contribution in [2.24, 2.45) is 0 Å². The number of nitrogens with one attached hydrogen (secondary N) is 1. The Morgan fingerprint density at radius 1 is 1.19 bits per heavy atom. The second kappa shape index (κ2) is 7.66. The van der Waals surface area contributed by atoms with Gasteiger partial charge in [-0.25, -0.2) is 21.9 Å². The van der Waals surface area contributed by atoms with Crippen LogP contribution >= 0.6 is 0 Å².